The Bertz CT molecular complexity index is 563. The number of rotatable bonds is 4. The summed E-state index contributed by atoms with van der Waals surface area (Å²) in [6.45, 7) is 0.909. The minimum Gasteiger partial charge on any atom is -0.457 e. The van der Waals surface area contributed by atoms with Gasteiger partial charge in [0.05, 0.1) is 16.4 Å². The Balaban J connectivity index is 2.12. The number of aryl methyl sites for hydroxylation is 1. The molecule has 0 aromatic carbocycles. The largest absolute Gasteiger partial charge is 0.457 e. The Hall–Kier alpha value is -1.57. The second kappa shape index (κ2) is 5.20. The van der Waals surface area contributed by atoms with Gasteiger partial charge in [-0.25, -0.2) is 4.98 Å². The quantitative estimate of drug-likeness (QED) is 0.863. The lowest BCUT2D eigenvalue weighted by Gasteiger charge is -2.10. The molecular weight excluding hydrogens is 322 g/mol. The van der Waals surface area contributed by atoms with Crippen LogP contribution in [0.15, 0.2) is 22.9 Å². The van der Waals surface area contributed by atoms with Crippen molar-refractivity contribution < 1.29 is 13.5 Å². The standard InChI is InChI=1S/C11H11BrF2N4O/c1-11(13,14)9-3-4-15-10(17-9)19-6-8-7(12)5-16-18(8)2/h3-5H,6H2,1-2H3. The lowest BCUT2D eigenvalue weighted by atomic mass is 10.3. The van der Waals surface area contributed by atoms with E-state index in [-0.39, 0.29) is 18.3 Å². The minimum atomic E-state index is -3.02. The van der Waals surface area contributed by atoms with Crippen LogP contribution in [0.1, 0.15) is 18.3 Å². The fraction of sp³-hybridized carbons (Fsp3) is 0.364. The maximum Gasteiger partial charge on any atom is 0.317 e. The first kappa shape index (κ1) is 13.9. The maximum absolute atomic E-state index is 13.1. The van der Waals surface area contributed by atoms with Crippen LogP contribution in [0.25, 0.3) is 0 Å². The first-order valence-electron chi connectivity index (χ1n) is 5.38. The van der Waals surface area contributed by atoms with Crippen LogP contribution in [0.3, 0.4) is 0 Å². The zero-order chi connectivity index (χ0) is 14.0. The van der Waals surface area contributed by atoms with E-state index in [2.05, 4.69) is 31.0 Å². The molecule has 5 nitrogen and oxygen atoms in total. The van der Waals surface area contributed by atoms with Gasteiger partial charge in [0, 0.05) is 20.2 Å². The van der Waals surface area contributed by atoms with Gasteiger partial charge in [-0.3, -0.25) is 4.68 Å². The van der Waals surface area contributed by atoms with Gasteiger partial charge in [0.1, 0.15) is 12.3 Å². The molecule has 0 saturated carbocycles. The van der Waals surface area contributed by atoms with Crippen molar-refractivity contribution in [3.8, 4) is 6.01 Å². The maximum atomic E-state index is 13.1. The topological polar surface area (TPSA) is 52.8 Å². The summed E-state index contributed by atoms with van der Waals surface area (Å²) in [6, 6.07) is 1.07. The van der Waals surface area contributed by atoms with Gasteiger partial charge in [-0.2, -0.15) is 18.9 Å². The average Bonchev–Trinajstić information content (AvgIpc) is 2.66. The second-order valence-corrected chi connectivity index (χ2v) is 4.82. The predicted octanol–water partition coefficient (Wildman–Crippen LogP) is 2.66. The highest BCUT2D eigenvalue weighted by atomic mass is 79.9. The van der Waals surface area contributed by atoms with E-state index in [4.69, 9.17) is 4.74 Å². The van der Waals surface area contributed by atoms with Gasteiger partial charge < -0.3 is 4.74 Å². The van der Waals surface area contributed by atoms with Gasteiger partial charge in [-0.1, -0.05) is 0 Å². The molecule has 0 aliphatic carbocycles. The van der Waals surface area contributed by atoms with Crippen LogP contribution in [0.5, 0.6) is 6.01 Å². The fourth-order valence-electron chi connectivity index (χ4n) is 1.39. The summed E-state index contributed by atoms with van der Waals surface area (Å²) in [5, 5.41) is 4.01. The molecule has 0 saturated heterocycles. The number of aromatic nitrogens is 4. The van der Waals surface area contributed by atoms with Crippen LogP contribution in [-0.2, 0) is 19.6 Å². The Kier molecular flexibility index (Phi) is 3.79. The van der Waals surface area contributed by atoms with Gasteiger partial charge in [0.25, 0.3) is 5.92 Å². The summed E-state index contributed by atoms with van der Waals surface area (Å²) in [7, 11) is 1.75. The molecule has 0 bridgehead atoms. The normalized spacial score (nSPS) is 11.6. The lowest BCUT2D eigenvalue weighted by molar-refractivity contribution is 0.0117. The molecule has 0 atom stereocenters. The number of nitrogens with zero attached hydrogens (tertiary/aromatic N) is 4. The summed E-state index contributed by atoms with van der Waals surface area (Å²) < 4.78 is 33.9. The summed E-state index contributed by atoms with van der Waals surface area (Å²) in [4.78, 5) is 7.47. The molecule has 2 heterocycles. The van der Waals surface area contributed by atoms with Crippen molar-refractivity contribution in [1.29, 1.82) is 0 Å². The third kappa shape index (κ3) is 3.25. The first-order chi connectivity index (χ1) is 8.88. The number of halogens is 3. The molecule has 8 heteroatoms. The van der Waals surface area contributed by atoms with Gasteiger partial charge in [0.15, 0.2) is 0 Å². The van der Waals surface area contributed by atoms with Crippen LogP contribution >= 0.6 is 15.9 Å². The molecule has 19 heavy (non-hydrogen) atoms. The Morgan fingerprint density at radius 1 is 1.47 bits per heavy atom. The Labute approximate surface area is 116 Å². The van der Waals surface area contributed by atoms with E-state index >= 15 is 0 Å². The van der Waals surface area contributed by atoms with Crippen LogP contribution in [0.4, 0.5) is 8.78 Å². The van der Waals surface area contributed by atoms with E-state index in [9.17, 15) is 8.78 Å². The van der Waals surface area contributed by atoms with E-state index in [1.54, 1.807) is 17.9 Å². The van der Waals surface area contributed by atoms with Gasteiger partial charge in [-0.15, -0.1) is 0 Å². The number of ether oxygens (including phenoxy) is 1. The van der Waals surface area contributed by atoms with Crippen molar-refractivity contribution in [2.45, 2.75) is 19.5 Å². The highest BCUT2D eigenvalue weighted by molar-refractivity contribution is 9.10. The van der Waals surface area contributed by atoms with Gasteiger partial charge in [-0.05, 0) is 22.0 Å². The molecule has 0 aliphatic rings. The number of hydrogen-bond donors (Lipinski definition) is 0. The van der Waals surface area contributed by atoms with E-state index in [0.29, 0.717) is 0 Å². The van der Waals surface area contributed by atoms with Crippen molar-refractivity contribution in [3.05, 3.63) is 34.3 Å². The fourth-order valence-corrected chi connectivity index (χ4v) is 1.85. The van der Waals surface area contributed by atoms with E-state index in [1.165, 1.54) is 6.20 Å². The summed E-state index contributed by atoms with van der Waals surface area (Å²) in [5.74, 6) is -3.02. The SMILES string of the molecule is Cn1ncc(Br)c1COc1nccc(C(C)(F)F)n1. The number of hydrogen-bond acceptors (Lipinski definition) is 4. The third-order valence-corrected chi connectivity index (χ3v) is 3.09. The highest BCUT2D eigenvalue weighted by Crippen LogP contribution is 2.25. The Morgan fingerprint density at radius 3 is 2.79 bits per heavy atom. The van der Waals surface area contributed by atoms with Crippen molar-refractivity contribution in [2.75, 3.05) is 0 Å². The third-order valence-electron chi connectivity index (χ3n) is 2.43. The van der Waals surface area contributed by atoms with E-state index in [1.807, 2.05) is 0 Å². The van der Waals surface area contributed by atoms with E-state index in [0.717, 1.165) is 23.2 Å². The summed E-state index contributed by atoms with van der Waals surface area (Å²) >= 11 is 3.31. The van der Waals surface area contributed by atoms with Crippen LogP contribution < -0.4 is 4.74 Å². The van der Waals surface area contributed by atoms with Crippen LogP contribution in [0.2, 0.25) is 0 Å². The van der Waals surface area contributed by atoms with Crippen LogP contribution in [0, 0.1) is 0 Å². The summed E-state index contributed by atoms with van der Waals surface area (Å²) in [6.07, 6.45) is 2.86. The van der Waals surface area contributed by atoms with Crippen LogP contribution in [-0.4, -0.2) is 19.7 Å². The molecule has 0 radical (unpaired) electrons. The zero-order valence-corrected chi connectivity index (χ0v) is 11.9. The predicted molar refractivity (Wildman–Crippen MR) is 66.8 cm³/mol. The van der Waals surface area contributed by atoms with Crippen molar-refractivity contribution in [1.82, 2.24) is 19.7 Å². The minimum absolute atomic E-state index is 0.0906. The zero-order valence-electron chi connectivity index (χ0n) is 10.3. The molecule has 2 aromatic heterocycles. The van der Waals surface area contributed by atoms with Crippen molar-refractivity contribution >= 4 is 15.9 Å². The molecule has 0 N–H and O–H groups in total. The molecule has 2 rings (SSSR count). The Morgan fingerprint density at radius 2 is 2.21 bits per heavy atom. The smallest absolute Gasteiger partial charge is 0.317 e. The second-order valence-electron chi connectivity index (χ2n) is 3.96. The van der Waals surface area contributed by atoms with Gasteiger partial charge >= 0.3 is 6.01 Å². The molecular formula is C11H11BrF2N4O. The molecule has 0 fully saturated rings. The molecule has 0 aliphatic heterocycles. The number of alkyl halides is 2. The molecule has 2 aromatic rings. The van der Waals surface area contributed by atoms with Gasteiger partial charge in [0.2, 0.25) is 0 Å². The van der Waals surface area contributed by atoms with Crippen molar-refractivity contribution in [3.63, 3.8) is 0 Å². The van der Waals surface area contributed by atoms with E-state index < -0.39 is 5.92 Å². The average molecular weight is 333 g/mol. The van der Waals surface area contributed by atoms with Crippen molar-refractivity contribution in [2.24, 2.45) is 7.05 Å². The lowest BCUT2D eigenvalue weighted by Crippen LogP contribution is -2.12. The summed E-state index contributed by atoms with van der Waals surface area (Å²) in [5.41, 5.74) is 0.388. The molecule has 0 unspecified atom stereocenters. The molecule has 0 spiro atoms. The molecule has 0 amide bonds. The molecule has 102 valence electrons. The highest BCUT2D eigenvalue weighted by Gasteiger charge is 2.26. The first-order valence-corrected chi connectivity index (χ1v) is 6.18. The monoisotopic (exact) mass is 332 g/mol.